The summed E-state index contributed by atoms with van der Waals surface area (Å²) in [6, 6.07) is 0. The van der Waals surface area contributed by atoms with Crippen molar-refractivity contribution in [3.05, 3.63) is 0 Å². The van der Waals surface area contributed by atoms with E-state index in [0.29, 0.717) is 0 Å². The van der Waals surface area contributed by atoms with Crippen LogP contribution in [0.4, 0.5) is 0 Å². The Labute approximate surface area is 60.5 Å². The van der Waals surface area contributed by atoms with Gasteiger partial charge in [0.05, 0.1) is 6.56 Å². The highest BCUT2D eigenvalue weighted by Crippen LogP contribution is 2.27. The van der Waals surface area contributed by atoms with Crippen LogP contribution in [-0.4, -0.2) is 17.4 Å². The zero-order valence-electron chi connectivity index (χ0n) is 4.54. The molecular weight excluding hydrogens is 157 g/mol. The smallest absolute Gasteiger partial charge is 0.0600 e. The fourth-order valence-corrected chi connectivity index (χ4v) is 2.95. The van der Waals surface area contributed by atoms with Gasteiger partial charge in [0, 0.05) is 13.1 Å². The molecule has 0 atom stereocenters. The van der Waals surface area contributed by atoms with Crippen LogP contribution in [0.25, 0.3) is 0 Å². The molecule has 0 saturated carbocycles. The molecule has 1 aliphatic rings. The van der Waals surface area contributed by atoms with E-state index in [-0.39, 0.29) is 0 Å². The maximum Gasteiger partial charge on any atom is 0.0600 e. The zero-order chi connectivity index (χ0) is 5.82. The van der Waals surface area contributed by atoms with E-state index in [4.69, 9.17) is 11.8 Å². The minimum absolute atomic E-state index is 1.02. The van der Waals surface area contributed by atoms with Crippen LogP contribution in [0, 0.1) is 0 Å². The predicted octanol–water partition coefficient (Wildman–Crippen LogP) is 2.05. The number of hydrogen-bond donors (Lipinski definition) is 0. The van der Waals surface area contributed by atoms with E-state index in [0.717, 1.165) is 6.56 Å². The fourth-order valence-electron chi connectivity index (χ4n) is 0.817. The molecule has 0 aromatic rings. The second kappa shape index (κ2) is 3.78. The fraction of sp³-hybridized carbons (Fsp3) is 1.00. The quantitative estimate of drug-likeness (QED) is 0.455. The van der Waals surface area contributed by atoms with Gasteiger partial charge in [0.15, 0.2) is 0 Å². The molecule has 1 fully saturated rings. The molecule has 1 heterocycles. The van der Waals surface area contributed by atoms with Gasteiger partial charge in [-0.2, -0.15) is 0 Å². The van der Waals surface area contributed by atoms with Gasteiger partial charge in [-0.3, -0.25) is 0 Å². The van der Waals surface area contributed by atoms with E-state index in [9.17, 15) is 0 Å². The lowest BCUT2D eigenvalue weighted by Gasteiger charge is -2.05. The van der Waals surface area contributed by atoms with E-state index in [2.05, 4.69) is 4.31 Å². The van der Waals surface area contributed by atoms with Gasteiger partial charge in [0.1, 0.15) is 0 Å². The molecule has 0 bridgehead atoms. The molecule has 0 unspecified atom stereocenters. The van der Waals surface area contributed by atoms with Crippen molar-refractivity contribution < 1.29 is 0 Å². The van der Waals surface area contributed by atoms with Gasteiger partial charge in [0.25, 0.3) is 0 Å². The third kappa shape index (κ3) is 1.98. The lowest BCUT2D eigenvalue weighted by atomic mass is 10.4. The van der Waals surface area contributed by atoms with E-state index >= 15 is 0 Å². The zero-order valence-corrected chi connectivity index (χ0v) is 7.07. The van der Waals surface area contributed by atoms with Gasteiger partial charge < -0.3 is 0 Å². The van der Waals surface area contributed by atoms with Gasteiger partial charge in [-0.1, -0.05) is 0 Å². The summed E-state index contributed by atoms with van der Waals surface area (Å²) >= 11 is 6.54. The highest BCUT2D eigenvalue weighted by Gasteiger charge is 2.09. The van der Waals surface area contributed by atoms with Crippen LogP contribution in [0.5, 0.6) is 0 Å². The molecule has 1 saturated heterocycles. The summed E-state index contributed by atoms with van der Waals surface area (Å²) in [6.45, 7) is 3.51. The maximum atomic E-state index is 4.78. The Balaban J connectivity index is 2.14. The predicted molar refractivity (Wildman–Crippen MR) is 42.7 cm³/mol. The minimum Gasteiger partial charge on any atom is -0.242 e. The van der Waals surface area contributed by atoms with Crippen LogP contribution in [0.15, 0.2) is 0 Å². The summed E-state index contributed by atoms with van der Waals surface area (Å²) in [7, 11) is 0. The third-order valence-electron chi connectivity index (χ3n) is 1.21. The van der Waals surface area contributed by atoms with E-state index < -0.39 is 0 Å². The highest BCUT2D eigenvalue weighted by atomic mass is 32.9. The summed E-state index contributed by atoms with van der Waals surface area (Å²) in [5.41, 5.74) is 0. The summed E-state index contributed by atoms with van der Waals surface area (Å²) < 4.78 is 2.34. The topological polar surface area (TPSA) is 3.24 Å². The van der Waals surface area contributed by atoms with Gasteiger partial charge in [-0.05, 0) is 36.2 Å². The first-order chi connectivity index (χ1) is 3.93. The van der Waals surface area contributed by atoms with Crippen LogP contribution in [0.3, 0.4) is 0 Å². The monoisotopic (exact) mass is 165 g/mol. The summed E-state index contributed by atoms with van der Waals surface area (Å²) in [4.78, 5) is 0. The lowest BCUT2D eigenvalue weighted by Crippen LogP contribution is -2.05. The molecule has 1 aliphatic heterocycles. The molecule has 8 heavy (non-hydrogen) atoms. The number of rotatable bonds is 2. The van der Waals surface area contributed by atoms with Crippen LogP contribution in [0.1, 0.15) is 12.8 Å². The van der Waals surface area contributed by atoms with Gasteiger partial charge in [0.2, 0.25) is 0 Å². The first-order valence-corrected chi connectivity index (χ1v) is 5.97. The summed E-state index contributed by atoms with van der Waals surface area (Å²) in [5, 5.41) is 0. The molecule has 4 heteroatoms. The second-order valence-corrected chi connectivity index (χ2v) is 4.90. The Morgan fingerprint density at radius 1 is 1.38 bits per heavy atom. The van der Waals surface area contributed by atoms with Crippen molar-refractivity contribution in [3.63, 3.8) is 0 Å². The molecule has 0 aliphatic carbocycles. The molecule has 0 radical (unpaired) electrons. The standard InChI is InChI=1S/C4H8NPS2/c7-6-8-5-3-1-2-4-5/h1-4H2. The minimum atomic E-state index is 1.02. The van der Waals surface area contributed by atoms with Gasteiger partial charge in [-0.25, -0.2) is 4.31 Å². The number of hydrogen-bond acceptors (Lipinski definition) is 3. The van der Waals surface area contributed by atoms with Crippen molar-refractivity contribution in [1.82, 2.24) is 4.31 Å². The highest BCUT2D eigenvalue weighted by molar-refractivity contribution is 8.56. The van der Waals surface area contributed by atoms with E-state index in [1.807, 2.05) is 0 Å². The second-order valence-electron chi connectivity index (χ2n) is 1.79. The molecule has 0 amide bonds. The Hall–Kier alpha value is 0.830. The Morgan fingerprint density at radius 2 is 2.00 bits per heavy atom. The summed E-state index contributed by atoms with van der Waals surface area (Å²) in [5.74, 6) is 0. The summed E-state index contributed by atoms with van der Waals surface area (Å²) in [6.07, 6.45) is 2.72. The van der Waals surface area contributed by atoms with Crippen molar-refractivity contribution in [1.29, 1.82) is 0 Å². The van der Waals surface area contributed by atoms with E-state index in [1.54, 1.807) is 11.6 Å². The average molecular weight is 165 g/mol. The van der Waals surface area contributed by atoms with Crippen molar-refractivity contribution in [2.75, 3.05) is 13.1 Å². The first-order valence-electron chi connectivity index (χ1n) is 2.68. The Morgan fingerprint density at radius 3 is 2.50 bits per heavy atom. The molecule has 0 spiro atoms. The molecule has 0 N–H and O–H groups in total. The molecule has 1 nitrogen and oxygen atoms in total. The molecule has 0 aromatic carbocycles. The largest absolute Gasteiger partial charge is 0.242 e. The molecule has 0 aromatic heterocycles. The van der Waals surface area contributed by atoms with Crippen LogP contribution >= 0.6 is 18.1 Å². The molecule has 46 valence electrons. The SMILES string of the molecule is S=PSN1CCCC1. The van der Waals surface area contributed by atoms with Crippen LogP contribution in [0.2, 0.25) is 0 Å². The third-order valence-corrected chi connectivity index (χ3v) is 3.37. The Bertz CT molecular complexity index is 82.1. The van der Waals surface area contributed by atoms with Crippen molar-refractivity contribution >= 4 is 29.9 Å². The van der Waals surface area contributed by atoms with Crippen LogP contribution < -0.4 is 0 Å². The van der Waals surface area contributed by atoms with Crippen molar-refractivity contribution in [2.45, 2.75) is 12.8 Å². The number of nitrogens with zero attached hydrogens (tertiary/aromatic N) is 1. The average Bonchev–Trinajstić information content (AvgIpc) is 2.19. The van der Waals surface area contributed by atoms with Crippen LogP contribution in [-0.2, 0) is 11.8 Å². The first kappa shape index (κ1) is 6.94. The van der Waals surface area contributed by atoms with Crippen molar-refractivity contribution in [3.8, 4) is 0 Å². The molecular formula is C4H8NPS2. The van der Waals surface area contributed by atoms with Gasteiger partial charge >= 0.3 is 0 Å². The normalized spacial score (nSPS) is 22.5. The van der Waals surface area contributed by atoms with Crippen molar-refractivity contribution in [2.24, 2.45) is 0 Å². The Kier molecular flexibility index (Phi) is 3.28. The van der Waals surface area contributed by atoms with E-state index in [1.165, 1.54) is 25.9 Å². The molecule has 1 rings (SSSR count). The lowest BCUT2D eigenvalue weighted by molar-refractivity contribution is 0.593. The van der Waals surface area contributed by atoms with Gasteiger partial charge in [-0.15, -0.1) is 0 Å². The maximum absolute atomic E-state index is 4.78.